The van der Waals surface area contributed by atoms with E-state index >= 15 is 0 Å². The molecule has 0 radical (unpaired) electrons. The molecule has 3 atom stereocenters. The van der Waals surface area contributed by atoms with Crippen LogP contribution in [0.5, 0.6) is 5.75 Å². The van der Waals surface area contributed by atoms with Crippen molar-refractivity contribution in [1.82, 2.24) is 0 Å². The Balaban J connectivity index is 0.00000141. The van der Waals surface area contributed by atoms with E-state index in [0.717, 1.165) is 18.3 Å². The molecule has 2 aromatic carbocycles. The first-order valence-electron chi connectivity index (χ1n) is 13.2. The Labute approximate surface area is 197 Å². The molecule has 0 bridgehead atoms. The molecular weight excluding hydrogens is 392 g/mol. The Morgan fingerprint density at radius 1 is 0.969 bits per heavy atom. The van der Waals surface area contributed by atoms with Gasteiger partial charge in [0.25, 0.3) is 0 Å². The molecule has 0 spiro atoms. The van der Waals surface area contributed by atoms with E-state index in [4.69, 9.17) is 9.47 Å². The molecule has 0 saturated heterocycles. The molecular formula is C30H46O2. The van der Waals surface area contributed by atoms with Crippen LogP contribution in [0.2, 0.25) is 0 Å². The molecule has 0 heterocycles. The zero-order valence-corrected chi connectivity index (χ0v) is 21.7. The maximum absolute atomic E-state index is 6.32. The van der Waals surface area contributed by atoms with Crippen LogP contribution in [0, 0.1) is 11.3 Å². The summed E-state index contributed by atoms with van der Waals surface area (Å²) < 4.78 is 12.4. The monoisotopic (exact) mass is 438 g/mol. The normalized spacial score (nSPS) is 21.8. The average molecular weight is 439 g/mol. The van der Waals surface area contributed by atoms with Crippen LogP contribution in [0.15, 0.2) is 30.3 Å². The van der Waals surface area contributed by atoms with Crippen molar-refractivity contribution in [3.8, 4) is 5.75 Å². The predicted octanol–water partition coefficient (Wildman–Crippen LogP) is 9.21. The summed E-state index contributed by atoms with van der Waals surface area (Å²) in [5.74, 6) is 2.96. The number of hydrogen-bond acceptors (Lipinski definition) is 2. The lowest BCUT2D eigenvalue weighted by atomic mass is 9.71. The Bertz CT molecular complexity index is 857. The highest BCUT2D eigenvalue weighted by atomic mass is 16.7. The van der Waals surface area contributed by atoms with Crippen LogP contribution in [-0.4, -0.2) is 12.9 Å². The Kier molecular flexibility index (Phi) is 8.67. The van der Waals surface area contributed by atoms with Crippen molar-refractivity contribution in [1.29, 1.82) is 0 Å². The number of ether oxygens (including phenoxy) is 2. The maximum atomic E-state index is 6.32. The van der Waals surface area contributed by atoms with E-state index in [-0.39, 0.29) is 11.7 Å². The van der Waals surface area contributed by atoms with Gasteiger partial charge in [-0.3, -0.25) is 0 Å². The van der Waals surface area contributed by atoms with Gasteiger partial charge in [-0.25, -0.2) is 0 Å². The van der Waals surface area contributed by atoms with Gasteiger partial charge < -0.3 is 9.47 Å². The first-order valence-corrected chi connectivity index (χ1v) is 13.2. The Hall–Kier alpha value is -1.54. The summed E-state index contributed by atoms with van der Waals surface area (Å²) in [6, 6.07) is 11.3. The molecule has 3 unspecified atom stereocenters. The van der Waals surface area contributed by atoms with Gasteiger partial charge in [-0.15, -0.1) is 0 Å². The molecule has 2 nitrogen and oxygen atoms in total. The number of benzene rings is 2. The van der Waals surface area contributed by atoms with E-state index in [9.17, 15) is 0 Å². The van der Waals surface area contributed by atoms with Gasteiger partial charge in [-0.05, 0) is 65.5 Å². The lowest BCUT2D eigenvalue weighted by Crippen LogP contribution is -2.21. The van der Waals surface area contributed by atoms with Crippen molar-refractivity contribution in [3.05, 3.63) is 41.5 Å². The highest BCUT2D eigenvalue weighted by Crippen LogP contribution is 2.56. The van der Waals surface area contributed by atoms with Gasteiger partial charge in [0.1, 0.15) is 5.75 Å². The largest absolute Gasteiger partial charge is 0.465 e. The topological polar surface area (TPSA) is 18.5 Å². The van der Waals surface area contributed by atoms with Crippen LogP contribution in [0.1, 0.15) is 116 Å². The fraction of sp³-hybridized carbons (Fsp3) is 0.667. The molecule has 2 aliphatic rings. The van der Waals surface area contributed by atoms with Gasteiger partial charge >= 0.3 is 0 Å². The van der Waals surface area contributed by atoms with E-state index in [0.29, 0.717) is 11.8 Å². The summed E-state index contributed by atoms with van der Waals surface area (Å²) in [6.07, 6.45) is 9.08. The zero-order chi connectivity index (χ0) is 23.3. The molecule has 0 aliphatic heterocycles. The van der Waals surface area contributed by atoms with Crippen molar-refractivity contribution in [2.75, 3.05) is 6.61 Å². The molecule has 1 saturated carbocycles. The molecule has 2 aromatic rings. The number of hydrogen-bond donors (Lipinski definition) is 0. The average Bonchev–Trinajstić information content (AvgIpc) is 3.13. The lowest BCUT2D eigenvalue weighted by Gasteiger charge is -2.33. The molecule has 0 N–H and O–H groups in total. The van der Waals surface area contributed by atoms with Crippen LogP contribution in [-0.2, 0) is 4.74 Å². The van der Waals surface area contributed by atoms with Crippen molar-refractivity contribution >= 4 is 10.8 Å². The minimum atomic E-state index is -0.215. The molecule has 1 fully saturated rings. The Morgan fingerprint density at radius 3 is 2.34 bits per heavy atom. The highest BCUT2D eigenvalue weighted by Gasteiger charge is 2.40. The summed E-state index contributed by atoms with van der Waals surface area (Å²) in [5, 5.41) is 2.68. The van der Waals surface area contributed by atoms with E-state index in [2.05, 4.69) is 58.0 Å². The minimum absolute atomic E-state index is 0.215. The second-order valence-electron chi connectivity index (χ2n) is 10.6. The van der Waals surface area contributed by atoms with Crippen molar-refractivity contribution in [2.24, 2.45) is 11.3 Å². The third-order valence-electron chi connectivity index (χ3n) is 7.47. The van der Waals surface area contributed by atoms with Gasteiger partial charge in [0, 0.05) is 5.39 Å². The van der Waals surface area contributed by atoms with Crippen molar-refractivity contribution in [2.45, 2.75) is 112 Å². The van der Waals surface area contributed by atoms with Gasteiger partial charge in [0.15, 0.2) is 6.29 Å². The lowest BCUT2D eigenvalue weighted by molar-refractivity contribution is -0.0703. The molecule has 2 aliphatic carbocycles. The molecule has 4 rings (SSSR count). The van der Waals surface area contributed by atoms with Crippen molar-refractivity contribution < 1.29 is 9.47 Å². The first-order chi connectivity index (χ1) is 15.4. The standard InChI is InChI=1S/C28H40O2.C2H6/c1-6-21-22-13-10-14-23-25(16-15-24(26(22)23)27(21)28(3,4)5)30-19(2)29-18-17-20-11-8-7-9-12-20;1-2/h10,13-16,19-21,27H,6-9,11-12,17-18H2,1-5H3;1-2H3. The molecule has 2 heteroatoms. The quantitative estimate of drug-likeness (QED) is 0.401. The van der Waals surface area contributed by atoms with Crippen LogP contribution in [0.25, 0.3) is 10.8 Å². The van der Waals surface area contributed by atoms with Crippen LogP contribution < -0.4 is 4.74 Å². The SMILES string of the molecule is CC.CCC1c2cccc3c(OC(C)OCCC4CCCCC4)ccc(c23)C1C(C)(C)C. The van der Waals surface area contributed by atoms with Crippen LogP contribution in [0.4, 0.5) is 0 Å². The van der Waals surface area contributed by atoms with Gasteiger partial charge in [-0.2, -0.15) is 0 Å². The van der Waals surface area contributed by atoms with Gasteiger partial charge in [0.2, 0.25) is 0 Å². The molecule has 178 valence electrons. The fourth-order valence-corrected chi connectivity index (χ4v) is 6.12. The second-order valence-corrected chi connectivity index (χ2v) is 10.6. The predicted molar refractivity (Wildman–Crippen MR) is 138 cm³/mol. The third-order valence-corrected chi connectivity index (χ3v) is 7.47. The van der Waals surface area contributed by atoms with E-state index in [1.165, 1.54) is 66.8 Å². The third kappa shape index (κ3) is 5.33. The Morgan fingerprint density at radius 2 is 1.69 bits per heavy atom. The highest BCUT2D eigenvalue weighted by molar-refractivity contribution is 5.96. The van der Waals surface area contributed by atoms with E-state index in [1.54, 1.807) is 0 Å². The second kappa shape index (κ2) is 11.1. The zero-order valence-electron chi connectivity index (χ0n) is 21.7. The molecule has 32 heavy (non-hydrogen) atoms. The summed E-state index contributed by atoms with van der Waals surface area (Å²) in [4.78, 5) is 0. The van der Waals surface area contributed by atoms with E-state index < -0.39 is 0 Å². The summed E-state index contributed by atoms with van der Waals surface area (Å²) in [6.45, 7) is 16.3. The summed E-state index contributed by atoms with van der Waals surface area (Å²) in [7, 11) is 0. The summed E-state index contributed by atoms with van der Waals surface area (Å²) in [5.41, 5.74) is 3.24. The van der Waals surface area contributed by atoms with E-state index in [1.807, 2.05) is 20.8 Å². The molecule has 0 amide bonds. The first kappa shape index (κ1) is 25.1. The fourth-order valence-electron chi connectivity index (χ4n) is 6.12. The van der Waals surface area contributed by atoms with Crippen LogP contribution >= 0.6 is 0 Å². The minimum Gasteiger partial charge on any atom is -0.465 e. The van der Waals surface area contributed by atoms with Crippen LogP contribution in [0.3, 0.4) is 0 Å². The smallest absolute Gasteiger partial charge is 0.197 e. The molecule has 0 aromatic heterocycles. The summed E-state index contributed by atoms with van der Waals surface area (Å²) >= 11 is 0. The number of rotatable bonds is 7. The van der Waals surface area contributed by atoms with Gasteiger partial charge in [0.05, 0.1) is 6.61 Å². The maximum Gasteiger partial charge on any atom is 0.197 e. The van der Waals surface area contributed by atoms with Gasteiger partial charge in [-0.1, -0.05) is 97.9 Å². The van der Waals surface area contributed by atoms with Crippen molar-refractivity contribution in [3.63, 3.8) is 0 Å².